The number of aliphatic hydroxyl groups excluding tert-OH is 1. The second-order valence-corrected chi connectivity index (χ2v) is 9.82. The van der Waals surface area contributed by atoms with E-state index in [4.69, 9.17) is 0 Å². The summed E-state index contributed by atoms with van der Waals surface area (Å²) in [5, 5.41) is 29.3. The fourth-order valence-electron chi connectivity index (χ4n) is 4.41. The zero-order chi connectivity index (χ0) is 25.9. The van der Waals surface area contributed by atoms with E-state index in [0.717, 1.165) is 11.1 Å². The predicted molar refractivity (Wildman–Crippen MR) is 140 cm³/mol. The molecule has 0 radical (unpaired) electrons. The van der Waals surface area contributed by atoms with E-state index >= 15 is 0 Å². The van der Waals surface area contributed by atoms with Gasteiger partial charge in [-0.2, -0.15) is 5.26 Å². The molecule has 0 saturated carbocycles. The predicted octanol–water partition coefficient (Wildman–Crippen LogP) is 5.39. The Morgan fingerprint density at radius 1 is 1.03 bits per heavy atom. The molecule has 1 fully saturated rings. The Kier molecular flexibility index (Phi) is 6.91. The monoisotopic (exact) mass is 511 g/mol. The topological polar surface area (TPSA) is 97.5 Å². The lowest BCUT2D eigenvalue weighted by Crippen LogP contribution is -2.57. The van der Waals surface area contributed by atoms with Gasteiger partial charge < -0.3 is 15.1 Å². The Balaban J connectivity index is 1.39. The number of aromatic hydroxyl groups is 1. The molecule has 4 aromatic rings. The number of thioether (sulfide) groups is 1. The summed E-state index contributed by atoms with van der Waals surface area (Å²) < 4.78 is 13.2. The molecule has 37 heavy (non-hydrogen) atoms. The second kappa shape index (κ2) is 10.4. The van der Waals surface area contributed by atoms with Crippen molar-refractivity contribution in [2.24, 2.45) is 0 Å². The number of halogens is 1. The minimum absolute atomic E-state index is 0.0961. The Morgan fingerprint density at radius 3 is 2.41 bits per heavy atom. The van der Waals surface area contributed by atoms with Gasteiger partial charge in [0.25, 0.3) is 0 Å². The molecule has 1 aliphatic rings. The van der Waals surface area contributed by atoms with Crippen LogP contribution in [-0.4, -0.2) is 32.1 Å². The molecular weight excluding hydrogens is 489 g/mol. The van der Waals surface area contributed by atoms with Crippen molar-refractivity contribution in [3.05, 3.63) is 114 Å². The average molecular weight is 512 g/mol. The molecule has 0 aliphatic carbocycles. The van der Waals surface area contributed by atoms with Gasteiger partial charge in [-0.25, -0.2) is 4.39 Å². The third-order valence-corrected chi connectivity index (χ3v) is 7.69. The Hall–Kier alpha value is -4.19. The molecule has 1 amide bonds. The van der Waals surface area contributed by atoms with Crippen molar-refractivity contribution < 1.29 is 19.4 Å². The number of aromatic nitrogens is 1. The third kappa shape index (κ3) is 4.92. The van der Waals surface area contributed by atoms with E-state index in [1.54, 1.807) is 47.6 Å². The number of amides is 1. The van der Waals surface area contributed by atoms with E-state index < -0.39 is 11.4 Å². The highest BCUT2D eigenvalue weighted by atomic mass is 32.2. The molecule has 1 aromatic heterocycles. The van der Waals surface area contributed by atoms with E-state index in [9.17, 15) is 24.7 Å². The molecular formula is C29H22FN3O3S. The average Bonchev–Trinajstić information content (AvgIpc) is 2.93. The SMILES string of the molecule is N#Cc1ccncc1-c1ccc(N2C(=O)[C@H](SC[C@H](O)c3ccc(F)cc3)[C@H]2c2ccc(O)cc2)cc1. The largest absolute Gasteiger partial charge is 0.508 e. The first-order valence-electron chi connectivity index (χ1n) is 11.6. The number of anilines is 1. The van der Waals surface area contributed by atoms with E-state index in [1.165, 1.54) is 36.0 Å². The van der Waals surface area contributed by atoms with Crippen LogP contribution in [0.15, 0.2) is 91.3 Å². The first kappa shape index (κ1) is 24.5. The highest BCUT2D eigenvalue weighted by Crippen LogP contribution is 2.46. The summed E-state index contributed by atoms with van der Waals surface area (Å²) in [7, 11) is 0. The highest BCUT2D eigenvalue weighted by Gasteiger charge is 2.49. The van der Waals surface area contributed by atoms with Crippen LogP contribution in [0.5, 0.6) is 5.75 Å². The van der Waals surface area contributed by atoms with E-state index in [1.807, 2.05) is 24.3 Å². The zero-order valence-electron chi connectivity index (χ0n) is 19.5. The van der Waals surface area contributed by atoms with Crippen molar-refractivity contribution in [3.63, 3.8) is 0 Å². The molecule has 6 nitrogen and oxygen atoms in total. The molecule has 8 heteroatoms. The summed E-state index contributed by atoms with van der Waals surface area (Å²) in [5.41, 5.74) is 4.18. The molecule has 2 N–H and O–H groups in total. The summed E-state index contributed by atoms with van der Waals surface area (Å²) in [6.45, 7) is 0. The smallest absolute Gasteiger partial charge is 0.243 e. The molecule has 5 rings (SSSR count). The number of carbonyl (C=O) groups excluding carboxylic acids is 1. The summed E-state index contributed by atoms with van der Waals surface area (Å²) in [4.78, 5) is 19.2. The van der Waals surface area contributed by atoms with Gasteiger partial charge in [0, 0.05) is 29.4 Å². The molecule has 184 valence electrons. The van der Waals surface area contributed by atoms with Crippen molar-refractivity contribution in [1.29, 1.82) is 5.26 Å². The number of carbonyl (C=O) groups is 1. The minimum Gasteiger partial charge on any atom is -0.508 e. The quantitative estimate of drug-likeness (QED) is 0.323. The standard InChI is InChI=1S/C29H22FN3O3S/c30-22-7-1-19(2-8-22)26(35)17-37-28-27(20-5-11-24(34)12-6-20)33(29(28)36)23-9-3-18(4-10-23)25-16-32-14-13-21(25)15-31/h1-14,16,26-28,34-35H,17H2/t26-,27+,28+/m0/s1. The number of nitrogens with zero attached hydrogens (tertiary/aromatic N) is 3. The first-order chi connectivity index (χ1) is 18.0. The Labute approximate surface area is 217 Å². The fraction of sp³-hybridized carbons (Fsp3) is 0.138. The van der Waals surface area contributed by atoms with Crippen LogP contribution in [-0.2, 0) is 4.79 Å². The van der Waals surface area contributed by atoms with Crippen molar-refractivity contribution in [2.45, 2.75) is 17.4 Å². The number of pyridine rings is 1. The van der Waals surface area contributed by atoms with Crippen molar-refractivity contribution >= 4 is 23.4 Å². The lowest BCUT2D eigenvalue weighted by atomic mass is 9.91. The zero-order valence-corrected chi connectivity index (χ0v) is 20.3. The number of hydrogen-bond acceptors (Lipinski definition) is 6. The van der Waals surface area contributed by atoms with Gasteiger partial charge in [0.15, 0.2) is 0 Å². The molecule has 3 atom stereocenters. The fourth-order valence-corrected chi connectivity index (χ4v) is 5.71. The molecule has 0 spiro atoms. The summed E-state index contributed by atoms with van der Waals surface area (Å²) in [6.07, 6.45) is 2.36. The van der Waals surface area contributed by atoms with Gasteiger partial charge in [-0.05, 0) is 59.2 Å². The molecule has 0 unspecified atom stereocenters. The van der Waals surface area contributed by atoms with Crippen molar-refractivity contribution in [3.8, 4) is 22.9 Å². The number of nitriles is 1. The Bertz CT molecular complexity index is 1450. The minimum atomic E-state index is -0.846. The van der Waals surface area contributed by atoms with Gasteiger partial charge >= 0.3 is 0 Å². The molecule has 3 aromatic carbocycles. The van der Waals surface area contributed by atoms with Gasteiger partial charge in [-0.3, -0.25) is 9.78 Å². The molecule has 0 bridgehead atoms. The van der Waals surface area contributed by atoms with Crippen LogP contribution in [0.25, 0.3) is 11.1 Å². The number of phenolic OH excluding ortho intramolecular Hbond substituents is 1. The van der Waals surface area contributed by atoms with Gasteiger partial charge in [-0.1, -0.05) is 36.4 Å². The second-order valence-electron chi connectivity index (χ2n) is 8.65. The van der Waals surface area contributed by atoms with Gasteiger partial charge in [-0.15, -0.1) is 11.8 Å². The van der Waals surface area contributed by atoms with E-state index in [2.05, 4.69) is 11.1 Å². The van der Waals surface area contributed by atoms with Crippen LogP contribution in [0.1, 0.15) is 28.8 Å². The third-order valence-electron chi connectivity index (χ3n) is 6.37. The first-order valence-corrected chi connectivity index (χ1v) is 12.6. The molecule has 2 heterocycles. The van der Waals surface area contributed by atoms with Gasteiger partial charge in [0.2, 0.25) is 5.91 Å². The summed E-state index contributed by atoms with van der Waals surface area (Å²) in [5.74, 6) is -0.0760. The maximum atomic E-state index is 13.3. The summed E-state index contributed by atoms with van der Waals surface area (Å²) in [6, 6.07) is 23.3. The van der Waals surface area contributed by atoms with Crippen LogP contribution in [0.2, 0.25) is 0 Å². The van der Waals surface area contributed by atoms with Crippen LogP contribution < -0.4 is 4.90 Å². The van der Waals surface area contributed by atoms with Gasteiger partial charge in [0.1, 0.15) is 16.8 Å². The summed E-state index contributed by atoms with van der Waals surface area (Å²) >= 11 is 1.35. The lowest BCUT2D eigenvalue weighted by Gasteiger charge is -2.47. The van der Waals surface area contributed by atoms with Crippen LogP contribution in [0.4, 0.5) is 10.1 Å². The van der Waals surface area contributed by atoms with E-state index in [0.29, 0.717) is 22.4 Å². The van der Waals surface area contributed by atoms with Gasteiger partial charge in [0.05, 0.1) is 23.8 Å². The maximum Gasteiger partial charge on any atom is 0.243 e. The van der Waals surface area contributed by atoms with Crippen LogP contribution in [0.3, 0.4) is 0 Å². The number of aliphatic hydroxyl groups is 1. The number of β-lactam (4-membered cyclic amide) rings is 1. The molecule has 1 aliphatic heterocycles. The van der Waals surface area contributed by atoms with Crippen molar-refractivity contribution in [2.75, 3.05) is 10.7 Å². The number of phenols is 1. The van der Waals surface area contributed by atoms with Crippen LogP contribution >= 0.6 is 11.8 Å². The number of benzene rings is 3. The molecule has 1 saturated heterocycles. The normalized spacial score (nSPS) is 17.6. The highest BCUT2D eigenvalue weighted by molar-refractivity contribution is 8.00. The van der Waals surface area contributed by atoms with Crippen molar-refractivity contribution in [1.82, 2.24) is 4.98 Å². The number of rotatable bonds is 7. The lowest BCUT2D eigenvalue weighted by molar-refractivity contribution is -0.123. The Morgan fingerprint density at radius 2 is 1.73 bits per heavy atom. The number of hydrogen-bond donors (Lipinski definition) is 2. The maximum absolute atomic E-state index is 13.3. The van der Waals surface area contributed by atoms with Crippen LogP contribution in [0, 0.1) is 17.1 Å². The van der Waals surface area contributed by atoms with E-state index in [-0.39, 0.29) is 29.3 Å².